The van der Waals surface area contributed by atoms with Crippen molar-refractivity contribution in [2.24, 2.45) is 5.92 Å². The van der Waals surface area contributed by atoms with Crippen molar-refractivity contribution < 1.29 is 18.3 Å². The molecule has 94 valence electrons. The van der Waals surface area contributed by atoms with Crippen LogP contribution in [-0.2, 0) is 6.18 Å². The van der Waals surface area contributed by atoms with Crippen LogP contribution >= 0.6 is 0 Å². The fourth-order valence-corrected chi connectivity index (χ4v) is 1.83. The number of aromatic nitrogens is 2. The minimum absolute atomic E-state index is 0.0879. The molecule has 1 aliphatic heterocycles. The number of hydrogen-bond acceptors (Lipinski definition) is 4. The van der Waals surface area contributed by atoms with Crippen LogP contribution in [-0.4, -0.2) is 35.0 Å². The van der Waals surface area contributed by atoms with Crippen LogP contribution in [0.15, 0.2) is 12.1 Å². The molecule has 1 atom stereocenters. The largest absolute Gasteiger partial charge is 0.435 e. The highest BCUT2D eigenvalue weighted by Crippen LogP contribution is 2.28. The van der Waals surface area contributed by atoms with E-state index in [0.717, 1.165) is 12.5 Å². The first-order chi connectivity index (χ1) is 8.00. The molecular weight excluding hydrogens is 235 g/mol. The van der Waals surface area contributed by atoms with Gasteiger partial charge in [-0.25, -0.2) is 0 Å². The summed E-state index contributed by atoms with van der Waals surface area (Å²) in [5.41, 5.74) is -0.987. The summed E-state index contributed by atoms with van der Waals surface area (Å²) in [6.45, 7) is 1.38. The highest BCUT2D eigenvalue weighted by molar-refractivity contribution is 5.38. The Hall–Kier alpha value is -1.37. The molecule has 2 rings (SSSR count). The van der Waals surface area contributed by atoms with Gasteiger partial charge in [-0.3, -0.25) is 0 Å². The predicted octanol–water partition coefficient (Wildman–Crippen LogP) is 1.31. The molecule has 1 N–H and O–H groups in total. The third-order valence-electron chi connectivity index (χ3n) is 2.81. The van der Waals surface area contributed by atoms with Crippen molar-refractivity contribution in [1.82, 2.24) is 10.2 Å². The van der Waals surface area contributed by atoms with E-state index < -0.39 is 11.9 Å². The van der Waals surface area contributed by atoms with E-state index in [0.29, 0.717) is 18.9 Å². The molecule has 4 nitrogen and oxygen atoms in total. The highest BCUT2D eigenvalue weighted by Gasteiger charge is 2.33. The minimum atomic E-state index is -4.45. The van der Waals surface area contributed by atoms with Gasteiger partial charge in [0, 0.05) is 25.6 Å². The Bertz CT molecular complexity index is 379. The Kier molecular flexibility index (Phi) is 3.19. The van der Waals surface area contributed by atoms with Crippen molar-refractivity contribution in [3.63, 3.8) is 0 Å². The van der Waals surface area contributed by atoms with Crippen LogP contribution in [0, 0.1) is 5.92 Å². The van der Waals surface area contributed by atoms with E-state index in [1.165, 1.54) is 6.07 Å². The number of hydrogen-bond donors (Lipinski definition) is 1. The fraction of sp³-hybridized carbons (Fsp3) is 0.600. The van der Waals surface area contributed by atoms with Gasteiger partial charge in [0.15, 0.2) is 11.5 Å². The smallest absolute Gasteiger partial charge is 0.396 e. The first-order valence-corrected chi connectivity index (χ1v) is 5.27. The van der Waals surface area contributed by atoms with Crippen LogP contribution in [0.1, 0.15) is 12.1 Å². The molecule has 17 heavy (non-hydrogen) atoms. The lowest BCUT2D eigenvalue weighted by molar-refractivity contribution is -0.141. The molecule has 1 unspecified atom stereocenters. The molecule has 1 aliphatic rings. The van der Waals surface area contributed by atoms with Gasteiger partial charge in [0.2, 0.25) is 0 Å². The molecule has 2 heterocycles. The van der Waals surface area contributed by atoms with Gasteiger partial charge >= 0.3 is 6.18 Å². The number of alkyl halides is 3. The van der Waals surface area contributed by atoms with Crippen molar-refractivity contribution in [1.29, 1.82) is 0 Å². The van der Waals surface area contributed by atoms with Gasteiger partial charge in [-0.2, -0.15) is 13.2 Å². The summed E-state index contributed by atoms with van der Waals surface area (Å²) in [4.78, 5) is 1.83. The van der Waals surface area contributed by atoms with E-state index in [1.54, 1.807) is 0 Å². The SMILES string of the molecule is OCC1CCN(c2ccc(C(F)(F)F)nn2)C1. The zero-order chi connectivity index (χ0) is 12.5. The molecule has 1 saturated heterocycles. The summed E-state index contributed by atoms with van der Waals surface area (Å²) in [5, 5.41) is 15.7. The molecule has 0 aliphatic carbocycles. The molecule has 7 heteroatoms. The molecule has 1 aromatic rings. The molecule has 1 fully saturated rings. The van der Waals surface area contributed by atoms with Gasteiger partial charge in [0.05, 0.1) is 0 Å². The Morgan fingerprint density at radius 1 is 1.35 bits per heavy atom. The first-order valence-electron chi connectivity index (χ1n) is 5.27. The van der Waals surface area contributed by atoms with Crippen LogP contribution in [0.4, 0.5) is 19.0 Å². The van der Waals surface area contributed by atoms with Crippen molar-refractivity contribution >= 4 is 5.82 Å². The summed E-state index contributed by atoms with van der Waals surface area (Å²) >= 11 is 0. The zero-order valence-electron chi connectivity index (χ0n) is 8.98. The third kappa shape index (κ3) is 2.66. The maximum atomic E-state index is 12.3. The van der Waals surface area contributed by atoms with Gasteiger partial charge in [0.1, 0.15) is 0 Å². The van der Waals surface area contributed by atoms with Crippen LogP contribution in [0.5, 0.6) is 0 Å². The molecule has 0 aromatic carbocycles. The fourth-order valence-electron chi connectivity index (χ4n) is 1.83. The van der Waals surface area contributed by atoms with Crippen molar-refractivity contribution in [3.05, 3.63) is 17.8 Å². The van der Waals surface area contributed by atoms with Gasteiger partial charge in [0.25, 0.3) is 0 Å². The lowest BCUT2D eigenvalue weighted by Gasteiger charge is -2.16. The summed E-state index contributed by atoms with van der Waals surface area (Å²) in [6.07, 6.45) is -3.64. The maximum absolute atomic E-state index is 12.3. The summed E-state index contributed by atoms with van der Waals surface area (Å²) in [6, 6.07) is 2.24. The van der Waals surface area contributed by atoms with Crippen LogP contribution in [0.25, 0.3) is 0 Å². The third-order valence-corrected chi connectivity index (χ3v) is 2.81. The monoisotopic (exact) mass is 247 g/mol. The highest BCUT2D eigenvalue weighted by atomic mass is 19.4. The topological polar surface area (TPSA) is 49.2 Å². The van der Waals surface area contributed by atoms with Gasteiger partial charge < -0.3 is 10.0 Å². The summed E-state index contributed by atoms with van der Waals surface area (Å²) < 4.78 is 36.8. The van der Waals surface area contributed by atoms with E-state index >= 15 is 0 Å². The molecule has 0 radical (unpaired) electrons. The van der Waals surface area contributed by atoms with Crippen molar-refractivity contribution in [2.45, 2.75) is 12.6 Å². The Balaban J connectivity index is 2.09. The average molecular weight is 247 g/mol. The Morgan fingerprint density at radius 3 is 2.59 bits per heavy atom. The second-order valence-electron chi connectivity index (χ2n) is 4.06. The van der Waals surface area contributed by atoms with E-state index in [4.69, 9.17) is 5.11 Å². The van der Waals surface area contributed by atoms with E-state index in [2.05, 4.69) is 10.2 Å². The number of halogens is 3. The standard InChI is InChI=1S/C10H12F3N3O/c11-10(12,13)8-1-2-9(15-14-8)16-4-3-7(5-16)6-17/h1-2,7,17H,3-6H2. The second kappa shape index (κ2) is 4.48. The van der Waals surface area contributed by atoms with Crippen LogP contribution in [0.3, 0.4) is 0 Å². The number of anilines is 1. The van der Waals surface area contributed by atoms with Gasteiger partial charge in [-0.15, -0.1) is 10.2 Å². The first kappa shape index (κ1) is 12.1. The number of aliphatic hydroxyl groups is 1. The predicted molar refractivity (Wildman–Crippen MR) is 54.4 cm³/mol. The summed E-state index contributed by atoms with van der Waals surface area (Å²) in [5.74, 6) is 0.591. The van der Waals surface area contributed by atoms with Crippen LogP contribution in [0.2, 0.25) is 0 Å². The van der Waals surface area contributed by atoms with E-state index in [1.807, 2.05) is 4.90 Å². The van der Waals surface area contributed by atoms with E-state index in [-0.39, 0.29) is 12.5 Å². The average Bonchev–Trinajstić information content (AvgIpc) is 2.76. The number of rotatable bonds is 2. The van der Waals surface area contributed by atoms with Crippen LogP contribution < -0.4 is 4.90 Å². The number of aliphatic hydroxyl groups excluding tert-OH is 1. The normalized spacial score (nSPS) is 20.9. The van der Waals surface area contributed by atoms with Crippen molar-refractivity contribution in [3.8, 4) is 0 Å². The zero-order valence-corrected chi connectivity index (χ0v) is 8.98. The molecular formula is C10H12F3N3O. The second-order valence-corrected chi connectivity index (χ2v) is 4.06. The molecule has 0 spiro atoms. The maximum Gasteiger partial charge on any atom is 0.435 e. The molecule has 0 bridgehead atoms. The molecule has 0 saturated carbocycles. The summed E-state index contributed by atoms with van der Waals surface area (Å²) in [7, 11) is 0. The quantitative estimate of drug-likeness (QED) is 0.856. The van der Waals surface area contributed by atoms with Gasteiger partial charge in [-0.1, -0.05) is 0 Å². The minimum Gasteiger partial charge on any atom is -0.396 e. The molecule has 0 amide bonds. The Labute approximate surface area is 96.1 Å². The lowest BCUT2D eigenvalue weighted by atomic mass is 10.1. The van der Waals surface area contributed by atoms with Crippen molar-refractivity contribution in [2.75, 3.05) is 24.6 Å². The molecule has 1 aromatic heterocycles. The number of nitrogens with zero attached hydrogens (tertiary/aromatic N) is 3. The van der Waals surface area contributed by atoms with Gasteiger partial charge in [-0.05, 0) is 18.6 Å². The van der Waals surface area contributed by atoms with E-state index in [9.17, 15) is 13.2 Å². The lowest BCUT2D eigenvalue weighted by Crippen LogP contribution is -2.22. The Morgan fingerprint density at radius 2 is 2.12 bits per heavy atom.